The number of rotatable bonds is 3. The highest BCUT2D eigenvalue weighted by Gasteiger charge is 2.22. The van der Waals surface area contributed by atoms with Gasteiger partial charge in [0.2, 0.25) is 5.91 Å². The maximum atomic E-state index is 14.3. The average Bonchev–Trinajstić information content (AvgIpc) is 2.92. The van der Waals surface area contributed by atoms with E-state index in [0.717, 1.165) is 68.8 Å². The summed E-state index contributed by atoms with van der Waals surface area (Å²) in [6, 6.07) is 4.50. The second kappa shape index (κ2) is 10.2. The van der Waals surface area contributed by atoms with Gasteiger partial charge in [0.05, 0.1) is 11.7 Å². The highest BCUT2D eigenvalue weighted by Crippen LogP contribution is 2.27. The van der Waals surface area contributed by atoms with Gasteiger partial charge >= 0.3 is 0 Å². The number of anilines is 1. The van der Waals surface area contributed by atoms with Crippen molar-refractivity contribution in [2.75, 3.05) is 11.9 Å². The topological polar surface area (TPSA) is 71.8 Å². The molecule has 1 saturated heterocycles. The Hall–Kier alpha value is -1.70. The third kappa shape index (κ3) is 4.82. The standard InChI is InChI=1S/C19H24FN5O.2ClH/c20-14-9-8-13(18-24-23-17-7-2-1-5-11-25(17)18)12-16(14)22-19(26)15-6-3-4-10-21-15;;/h8-9,12,15,21H,1-7,10-11H2,(H,22,26);2*1H/t15-;;/m1../s1. The van der Waals surface area contributed by atoms with E-state index in [1.165, 1.54) is 12.5 Å². The summed E-state index contributed by atoms with van der Waals surface area (Å²) in [6.45, 7) is 1.70. The second-order valence-electron chi connectivity index (χ2n) is 7.09. The van der Waals surface area contributed by atoms with Crippen LogP contribution in [0.3, 0.4) is 0 Å². The Kier molecular flexibility index (Phi) is 8.22. The van der Waals surface area contributed by atoms with Crippen molar-refractivity contribution in [1.29, 1.82) is 0 Å². The van der Waals surface area contributed by atoms with Crippen molar-refractivity contribution in [2.45, 2.75) is 57.5 Å². The number of amides is 1. The molecule has 1 fully saturated rings. The van der Waals surface area contributed by atoms with Crippen molar-refractivity contribution >= 4 is 36.4 Å². The van der Waals surface area contributed by atoms with Crippen LogP contribution < -0.4 is 10.6 Å². The zero-order valence-corrected chi connectivity index (χ0v) is 17.3. The molecule has 9 heteroatoms. The Morgan fingerprint density at radius 3 is 2.79 bits per heavy atom. The molecule has 0 radical (unpaired) electrons. The molecule has 0 unspecified atom stereocenters. The average molecular weight is 430 g/mol. The van der Waals surface area contributed by atoms with Gasteiger partial charge in [-0.25, -0.2) is 4.39 Å². The van der Waals surface area contributed by atoms with Crippen LogP contribution >= 0.6 is 24.8 Å². The number of hydrogen-bond donors (Lipinski definition) is 2. The van der Waals surface area contributed by atoms with Crippen LogP contribution in [0.25, 0.3) is 11.4 Å². The molecular weight excluding hydrogens is 404 g/mol. The number of carbonyl (C=O) groups excluding carboxylic acids is 1. The molecular formula is C19H26Cl2FN5O. The highest BCUT2D eigenvalue weighted by atomic mass is 35.5. The molecule has 0 saturated carbocycles. The molecule has 3 heterocycles. The maximum absolute atomic E-state index is 14.3. The minimum Gasteiger partial charge on any atom is -0.322 e. The van der Waals surface area contributed by atoms with Gasteiger partial charge in [0.25, 0.3) is 0 Å². The summed E-state index contributed by atoms with van der Waals surface area (Å²) in [5, 5.41) is 14.5. The van der Waals surface area contributed by atoms with Gasteiger partial charge in [-0.2, -0.15) is 0 Å². The van der Waals surface area contributed by atoms with Gasteiger partial charge < -0.3 is 15.2 Å². The first kappa shape index (κ1) is 22.6. The van der Waals surface area contributed by atoms with Crippen LogP contribution in [0.4, 0.5) is 10.1 Å². The molecule has 0 aliphatic carbocycles. The summed E-state index contributed by atoms with van der Waals surface area (Å²) >= 11 is 0. The molecule has 1 atom stereocenters. The lowest BCUT2D eigenvalue weighted by atomic mass is 10.0. The predicted octanol–water partition coefficient (Wildman–Crippen LogP) is 3.73. The summed E-state index contributed by atoms with van der Waals surface area (Å²) in [4.78, 5) is 12.4. The third-order valence-corrected chi connectivity index (χ3v) is 5.22. The summed E-state index contributed by atoms with van der Waals surface area (Å²) < 4.78 is 16.4. The SMILES string of the molecule is Cl.Cl.O=C(Nc1cc(-c2nnc3n2CCCCC3)ccc1F)[C@H]1CCCCN1. The number of benzene rings is 1. The van der Waals surface area contributed by atoms with Crippen molar-refractivity contribution in [1.82, 2.24) is 20.1 Å². The number of nitrogens with one attached hydrogen (secondary N) is 2. The van der Waals surface area contributed by atoms with Gasteiger partial charge in [0, 0.05) is 18.5 Å². The molecule has 1 aromatic heterocycles. The maximum Gasteiger partial charge on any atom is 0.241 e. The largest absolute Gasteiger partial charge is 0.322 e. The molecule has 6 nitrogen and oxygen atoms in total. The van der Waals surface area contributed by atoms with Crippen molar-refractivity contribution in [3.63, 3.8) is 0 Å². The van der Waals surface area contributed by atoms with Gasteiger partial charge in [0.15, 0.2) is 5.82 Å². The Morgan fingerprint density at radius 1 is 1.14 bits per heavy atom. The third-order valence-electron chi connectivity index (χ3n) is 5.22. The Balaban J connectivity index is 0.00000140. The number of nitrogens with zero attached hydrogens (tertiary/aromatic N) is 3. The number of aryl methyl sites for hydroxylation is 1. The number of hydrogen-bond acceptors (Lipinski definition) is 4. The molecule has 1 amide bonds. The van der Waals surface area contributed by atoms with Crippen LogP contribution in [0.1, 0.15) is 44.3 Å². The fourth-order valence-corrected chi connectivity index (χ4v) is 3.75. The van der Waals surface area contributed by atoms with Gasteiger partial charge in [0.1, 0.15) is 11.6 Å². The number of carbonyl (C=O) groups is 1. The van der Waals surface area contributed by atoms with E-state index in [1.54, 1.807) is 12.1 Å². The molecule has 154 valence electrons. The molecule has 2 aliphatic heterocycles. The number of fused-ring (bicyclic) bond motifs is 1. The van der Waals surface area contributed by atoms with E-state index >= 15 is 0 Å². The summed E-state index contributed by atoms with van der Waals surface area (Å²) in [7, 11) is 0. The molecule has 1 aromatic carbocycles. The minimum absolute atomic E-state index is 0. The van der Waals surface area contributed by atoms with Crippen LogP contribution in [-0.4, -0.2) is 33.3 Å². The Morgan fingerprint density at radius 2 is 2.00 bits per heavy atom. The van der Waals surface area contributed by atoms with Crippen molar-refractivity contribution < 1.29 is 9.18 Å². The number of aromatic nitrogens is 3. The molecule has 2 N–H and O–H groups in total. The first-order valence-electron chi connectivity index (χ1n) is 9.48. The quantitative estimate of drug-likeness (QED) is 0.779. The van der Waals surface area contributed by atoms with Gasteiger partial charge in [-0.1, -0.05) is 12.8 Å². The fourth-order valence-electron chi connectivity index (χ4n) is 3.75. The van der Waals surface area contributed by atoms with Gasteiger partial charge in [-0.15, -0.1) is 35.0 Å². The zero-order valence-electron chi connectivity index (χ0n) is 15.6. The Labute approximate surface area is 176 Å². The van der Waals surface area contributed by atoms with Gasteiger partial charge in [-0.05, 0) is 50.4 Å². The van der Waals surface area contributed by atoms with E-state index in [1.807, 2.05) is 0 Å². The van der Waals surface area contributed by atoms with Crippen LogP contribution in [-0.2, 0) is 17.8 Å². The molecule has 0 spiro atoms. The second-order valence-corrected chi connectivity index (χ2v) is 7.09. The Bertz CT molecular complexity index is 808. The van der Waals surface area contributed by atoms with E-state index in [4.69, 9.17) is 0 Å². The molecule has 2 aromatic rings. The van der Waals surface area contributed by atoms with E-state index < -0.39 is 5.82 Å². The van der Waals surface area contributed by atoms with Crippen molar-refractivity contribution in [3.05, 3.63) is 29.8 Å². The highest BCUT2D eigenvalue weighted by molar-refractivity contribution is 5.95. The molecule has 28 heavy (non-hydrogen) atoms. The summed E-state index contributed by atoms with van der Waals surface area (Å²) in [5.41, 5.74) is 0.977. The first-order valence-corrected chi connectivity index (χ1v) is 9.48. The normalized spacial score (nSPS) is 18.8. The summed E-state index contributed by atoms with van der Waals surface area (Å²) in [6.07, 6.45) is 7.19. The monoisotopic (exact) mass is 429 g/mol. The van der Waals surface area contributed by atoms with E-state index in [9.17, 15) is 9.18 Å². The first-order chi connectivity index (χ1) is 12.7. The lowest BCUT2D eigenvalue weighted by molar-refractivity contribution is -0.118. The van der Waals surface area contributed by atoms with Crippen LogP contribution in [0.15, 0.2) is 18.2 Å². The lowest BCUT2D eigenvalue weighted by Gasteiger charge is -2.22. The van der Waals surface area contributed by atoms with Gasteiger partial charge in [-0.3, -0.25) is 4.79 Å². The van der Waals surface area contributed by atoms with Crippen LogP contribution in [0.2, 0.25) is 0 Å². The van der Waals surface area contributed by atoms with Crippen molar-refractivity contribution in [2.24, 2.45) is 0 Å². The zero-order chi connectivity index (χ0) is 17.9. The number of halogens is 3. The molecule has 4 rings (SSSR count). The minimum atomic E-state index is -0.437. The molecule has 2 aliphatic rings. The smallest absolute Gasteiger partial charge is 0.241 e. The summed E-state index contributed by atoms with van der Waals surface area (Å²) in [5.74, 6) is 1.11. The fraction of sp³-hybridized carbons (Fsp3) is 0.526. The lowest BCUT2D eigenvalue weighted by Crippen LogP contribution is -2.43. The van der Waals surface area contributed by atoms with E-state index in [-0.39, 0.29) is 42.5 Å². The number of piperidine rings is 1. The van der Waals surface area contributed by atoms with E-state index in [0.29, 0.717) is 0 Å². The van der Waals surface area contributed by atoms with Crippen LogP contribution in [0, 0.1) is 5.82 Å². The predicted molar refractivity (Wildman–Crippen MR) is 112 cm³/mol. The molecule has 0 bridgehead atoms. The van der Waals surface area contributed by atoms with Crippen LogP contribution in [0.5, 0.6) is 0 Å². The van der Waals surface area contributed by atoms with Crippen molar-refractivity contribution in [3.8, 4) is 11.4 Å². The van der Waals surface area contributed by atoms with E-state index in [2.05, 4.69) is 25.4 Å².